The Kier molecular flexibility index (Phi) is 5.45. The molecule has 1 heterocycles. The third kappa shape index (κ3) is 4.36. The van der Waals surface area contributed by atoms with E-state index < -0.39 is 23.4 Å². The first-order valence-electron chi connectivity index (χ1n) is 8.26. The van der Waals surface area contributed by atoms with Gasteiger partial charge in [-0.2, -0.15) is 13.2 Å². The smallest absolute Gasteiger partial charge is 0.368 e. The fraction of sp³-hybridized carbons (Fsp3) is 0.200. The summed E-state index contributed by atoms with van der Waals surface area (Å²) < 4.78 is 66.0. The van der Waals surface area contributed by atoms with E-state index in [1.165, 1.54) is 12.4 Å². The molecule has 3 rings (SSSR count). The van der Waals surface area contributed by atoms with Crippen LogP contribution in [0.15, 0.2) is 36.7 Å². The van der Waals surface area contributed by atoms with Crippen LogP contribution in [0, 0.1) is 30.4 Å². The van der Waals surface area contributed by atoms with E-state index in [1.54, 1.807) is 13.0 Å². The van der Waals surface area contributed by atoms with Crippen LogP contribution in [0.2, 0.25) is 0 Å². The summed E-state index contributed by atoms with van der Waals surface area (Å²) in [6, 6.07) is 5.92. The quantitative estimate of drug-likeness (QED) is 0.384. The summed E-state index contributed by atoms with van der Waals surface area (Å²) in [6.07, 6.45) is -3.05. The van der Waals surface area contributed by atoms with Crippen molar-refractivity contribution in [1.82, 2.24) is 9.97 Å². The van der Waals surface area contributed by atoms with Crippen molar-refractivity contribution < 1.29 is 22.0 Å². The monoisotopic (exact) mass is 391 g/mol. The molecular weight excluding hydrogens is 377 g/mol. The summed E-state index contributed by atoms with van der Waals surface area (Å²) in [6.45, 7) is 1.84. The zero-order valence-electron chi connectivity index (χ0n) is 14.7. The van der Waals surface area contributed by atoms with Crippen LogP contribution in [-0.2, 0) is 6.18 Å². The van der Waals surface area contributed by atoms with E-state index in [9.17, 15) is 22.0 Å². The minimum Gasteiger partial charge on any atom is -0.368 e. The summed E-state index contributed by atoms with van der Waals surface area (Å²) in [5.41, 5.74) is -0.133. The van der Waals surface area contributed by atoms with Crippen LogP contribution in [0.3, 0.4) is 0 Å². The van der Waals surface area contributed by atoms with Crippen molar-refractivity contribution >= 4 is 16.7 Å². The summed E-state index contributed by atoms with van der Waals surface area (Å²) in [5, 5.41) is 3.21. The maximum Gasteiger partial charge on any atom is 0.417 e. The summed E-state index contributed by atoms with van der Waals surface area (Å²) >= 11 is 0. The zero-order valence-corrected chi connectivity index (χ0v) is 14.7. The number of anilines is 1. The Labute approximate surface area is 157 Å². The molecule has 0 fully saturated rings. The van der Waals surface area contributed by atoms with Gasteiger partial charge in [0.15, 0.2) is 11.6 Å². The van der Waals surface area contributed by atoms with Gasteiger partial charge in [-0.05, 0) is 25.1 Å². The van der Waals surface area contributed by atoms with Gasteiger partial charge in [0.1, 0.15) is 12.1 Å². The highest BCUT2D eigenvalue weighted by Gasteiger charge is 2.33. The van der Waals surface area contributed by atoms with Crippen molar-refractivity contribution in [2.24, 2.45) is 0 Å². The molecule has 3 aromatic rings. The molecule has 1 aromatic heterocycles. The fourth-order valence-electron chi connectivity index (χ4n) is 2.59. The van der Waals surface area contributed by atoms with E-state index in [1.807, 2.05) is 0 Å². The Morgan fingerprint density at radius 2 is 1.79 bits per heavy atom. The van der Waals surface area contributed by atoms with E-state index in [-0.39, 0.29) is 29.9 Å². The van der Waals surface area contributed by atoms with Crippen LogP contribution < -0.4 is 5.32 Å². The summed E-state index contributed by atoms with van der Waals surface area (Å²) in [5.74, 6) is 3.47. The fourth-order valence-corrected chi connectivity index (χ4v) is 2.59. The van der Waals surface area contributed by atoms with Gasteiger partial charge < -0.3 is 5.32 Å². The average Bonchev–Trinajstić information content (AvgIpc) is 2.63. The number of benzene rings is 2. The van der Waals surface area contributed by atoms with Gasteiger partial charge in [0, 0.05) is 30.0 Å². The van der Waals surface area contributed by atoms with Gasteiger partial charge in [-0.1, -0.05) is 23.5 Å². The molecule has 0 unspecified atom stereocenters. The number of aromatic nitrogens is 2. The Bertz CT molecular complexity index is 1080. The second-order valence-corrected chi connectivity index (χ2v) is 6.03. The predicted octanol–water partition coefficient (Wildman–Crippen LogP) is 5.09. The van der Waals surface area contributed by atoms with Crippen LogP contribution in [0.1, 0.15) is 23.1 Å². The first kappa shape index (κ1) is 19.5. The first-order chi connectivity index (χ1) is 13.3. The normalized spacial score (nSPS) is 11.2. The van der Waals surface area contributed by atoms with Crippen molar-refractivity contribution in [3.05, 3.63) is 65.0 Å². The molecule has 0 spiro atoms. The van der Waals surface area contributed by atoms with Crippen molar-refractivity contribution in [3.8, 4) is 11.8 Å². The van der Waals surface area contributed by atoms with E-state index in [4.69, 9.17) is 0 Å². The molecule has 0 atom stereocenters. The average molecular weight is 391 g/mol. The van der Waals surface area contributed by atoms with Gasteiger partial charge in [-0.15, -0.1) is 0 Å². The van der Waals surface area contributed by atoms with Crippen molar-refractivity contribution in [2.75, 3.05) is 11.9 Å². The second kappa shape index (κ2) is 7.80. The Balaban J connectivity index is 1.72. The molecule has 0 aliphatic heterocycles. The Hall–Kier alpha value is -3.21. The molecule has 0 aliphatic rings. The molecule has 0 amide bonds. The number of alkyl halides is 3. The molecule has 2 aromatic carbocycles. The Morgan fingerprint density at radius 3 is 2.54 bits per heavy atom. The van der Waals surface area contributed by atoms with E-state index >= 15 is 0 Å². The van der Waals surface area contributed by atoms with Crippen LogP contribution in [-0.4, -0.2) is 16.5 Å². The second-order valence-electron chi connectivity index (χ2n) is 6.03. The third-order valence-corrected chi connectivity index (χ3v) is 3.92. The van der Waals surface area contributed by atoms with E-state index in [0.717, 1.165) is 18.2 Å². The predicted molar refractivity (Wildman–Crippen MR) is 95.6 cm³/mol. The minimum absolute atomic E-state index is 0.0943. The molecule has 1 N–H and O–H groups in total. The van der Waals surface area contributed by atoms with Gasteiger partial charge in [-0.3, -0.25) is 0 Å². The molecule has 144 valence electrons. The number of nitrogens with zero attached hydrogens (tertiary/aromatic N) is 2. The molecule has 3 nitrogen and oxygen atoms in total. The molecule has 0 aliphatic carbocycles. The summed E-state index contributed by atoms with van der Waals surface area (Å²) in [7, 11) is 0. The summed E-state index contributed by atoms with van der Waals surface area (Å²) in [4.78, 5) is 7.86. The number of fused-ring (bicyclic) bond motifs is 1. The highest BCUT2D eigenvalue weighted by atomic mass is 19.4. The number of nitrogens with one attached hydrogen (secondary N) is 1. The van der Waals surface area contributed by atoms with Gasteiger partial charge >= 0.3 is 6.18 Å². The molecule has 0 bridgehead atoms. The van der Waals surface area contributed by atoms with E-state index in [2.05, 4.69) is 27.1 Å². The van der Waals surface area contributed by atoms with Gasteiger partial charge in [0.2, 0.25) is 0 Å². The van der Waals surface area contributed by atoms with Crippen molar-refractivity contribution in [2.45, 2.75) is 19.5 Å². The van der Waals surface area contributed by atoms with Gasteiger partial charge in [-0.25, -0.2) is 18.7 Å². The SMILES string of the molecule is Cc1ccc(C#CCCNc2ncnc3cc(F)c(F)cc23)c(C(F)(F)F)c1. The molecular formula is C20H14F5N3. The van der Waals surface area contributed by atoms with Gasteiger partial charge in [0.05, 0.1) is 11.1 Å². The lowest BCUT2D eigenvalue weighted by atomic mass is 10.0. The van der Waals surface area contributed by atoms with Crippen LogP contribution in [0.4, 0.5) is 27.8 Å². The van der Waals surface area contributed by atoms with Crippen LogP contribution in [0.25, 0.3) is 10.9 Å². The van der Waals surface area contributed by atoms with Crippen LogP contribution in [0.5, 0.6) is 0 Å². The number of rotatable bonds is 3. The lowest BCUT2D eigenvalue weighted by molar-refractivity contribution is -0.137. The van der Waals surface area contributed by atoms with Crippen molar-refractivity contribution in [1.29, 1.82) is 0 Å². The molecule has 0 saturated carbocycles. The number of hydrogen-bond acceptors (Lipinski definition) is 3. The lowest BCUT2D eigenvalue weighted by Crippen LogP contribution is -2.08. The standard InChI is InChI=1S/C20H14F5N3/c1-12-5-6-13(15(8-12)20(23,24)25)4-2-3-7-26-19-14-9-16(21)17(22)10-18(14)27-11-28-19/h5-6,8-11H,3,7H2,1H3,(H,26,27,28). The first-order valence-corrected chi connectivity index (χ1v) is 8.26. The van der Waals surface area contributed by atoms with Crippen LogP contribution >= 0.6 is 0 Å². The largest absolute Gasteiger partial charge is 0.417 e. The lowest BCUT2D eigenvalue weighted by Gasteiger charge is -2.10. The van der Waals surface area contributed by atoms with E-state index in [0.29, 0.717) is 10.9 Å². The van der Waals surface area contributed by atoms with Crippen molar-refractivity contribution in [3.63, 3.8) is 0 Å². The molecule has 28 heavy (non-hydrogen) atoms. The Morgan fingerprint density at radius 1 is 1.04 bits per heavy atom. The highest BCUT2D eigenvalue weighted by Crippen LogP contribution is 2.32. The topological polar surface area (TPSA) is 37.8 Å². The number of aryl methyl sites for hydroxylation is 1. The third-order valence-electron chi connectivity index (χ3n) is 3.92. The van der Waals surface area contributed by atoms with Gasteiger partial charge in [0.25, 0.3) is 0 Å². The maximum atomic E-state index is 13.4. The molecule has 8 heteroatoms. The minimum atomic E-state index is -4.48. The highest BCUT2D eigenvalue weighted by molar-refractivity contribution is 5.88. The number of halogens is 5. The zero-order chi connectivity index (χ0) is 20.3. The molecule has 0 saturated heterocycles. The maximum absolute atomic E-state index is 13.4. The molecule has 0 radical (unpaired) electrons. The number of hydrogen-bond donors (Lipinski definition) is 1.